The van der Waals surface area contributed by atoms with Crippen molar-refractivity contribution in [3.8, 4) is 11.1 Å². The summed E-state index contributed by atoms with van der Waals surface area (Å²) in [5.74, 6) is 0. The first-order valence-electron chi connectivity index (χ1n) is 5.68. The molecule has 81 valence electrons. The van der Waals surface area contributed by atoms with E-state index in [2.05, 4.69) is 69.7 Å². The number of rotatable bonds is 2. The van der Waals surface area contributed by atoms with E-state index in [1.165, 1.54) is 27.8 Å². The fraction of sp³-hybridized carbons (Fsp3) is 0.188. The average Bonchev–Trinajstić information content (AvgIpc) is 2.33. The molecular weight excluding hydrogens is 192 g/mol. The molecule has 0 amide bonds. The minimum absolute atomic E-state index is 1.27. The molecule has 0 unspecified atom stereocenters. The molecule has 0 aromatic heterocycles. The Morgan fingerprint density at radius 3 is 1.94 bits per heavy atom. The Bertz CT molecular complexity index is 478. The van der Waals surface area contributed by atoms with Gasteiger partial charge < -0.3 is 0 Å². The van der Waals surface area contributed by atoms with Crippen molar-refractivity contribution in [3.05, 3.63) is 65.6 Å². The maximum absolute atomic E-state index is 2.25. The van der Waals surface area contributed by atoms with Crippen LogP contribution in [0.1, 0.15) is 23.6 Å². The largest absolute Gasteiger partial charge is 0.0584 e. The summed E-state index contributed by atoms with van der Waals surface area (Å²) in [5.41, 5.74) is 6.55. The molecule has 16 heavy (non-hydrogen) atoms. The molecule has 0 aliphatic heterocycles. The summed E-state index contributed by atoms with van der Waals surface area (Å²) in [6, 6.07) is 15.3. The zero-order chi connectivity index (χ0) is 11.5. The smallest absolute Gasteiger partial charge is 0.0124 e. The van der Waals surface area contributed by atoms with E-state index in [4.69, 9.17) is 0 Å². The minimum atomic E-state index is 1.27. The average molecular weight is 209 g/mol. The summed E-state index contributed by atoms with van der Waals surface area (Å²) >= 11 is 0. The van der Waals surface area contributed by atoms with Crippen LogP contribution in [0.5, 0.6) is 0 Å². The van der Waals surface area contributed by atoms with E-state index in [0.29, 0.717) is 0 Å². The molecule has 1 radical (unpaired) electrons. The van der Waals surface area contributed by atoms with Crippen LogP contribution in [-0.4, -0.2) is 0 Å². The zero-order valence-electron chi connectivity index (χ0n) is 10.1. The van der Waals surface area contributed by atoms with E-state index in [-0.39, 0.29) is 0 Å². The number of aryl methyl sites for hydroxylation is 2. The van der Waals surface area contributed by atoms with Crippen LogP contribution in [0.15, 0.2) is 42.5 Å². The van der Waals surface area contributed by atoms with Gasteiger partial charge in [0.15, 0.2) is 0 Å². The third-order valence-corrected chi connectivity index (χ3v) is 3.08. The third-order valence-electron chi connectivity index (χ3n) is 3.08. The molecular formula is C16H17. The predicted octanol–water partition coefficient (Wildman–Crippen LogP) is 4.54. The lowest BCUT2D eigenvalue weighted by Gasteiger charge is -2.06. The van der Waals surface area contributed by atoms with Crippen LogP contribution >= 0.6 is 0 Å². The van der Waals surface area contributed by atoms with Crippen LogP contribution in [0.4, 0.5) is 0 Å². The van der Waals surface area contributed by atoms with Gasteiger partial charge in [-0.2, -0.15) is 0 Å². The second-order valence-electron chi connectivity index (χ2n) is 4.21. The number of benzene rings is 2. The third kappa shape index (κ3) is 2.16. The molecule has 0 N–H and O–H groups in total. The van der Waals surface area contributed by atoms with Crippen molar-refractivity contribution in [2.75, 3.05) is 0 Å². The van der Waals surface area contributed by atoms with Crippen molar-refractivity contribution in [1.82, 2.24) is 0 Å². The molecule has 2 aromatic carbocycles. The van der Waals surface area contributed by atoms with Crippen molar-refractivity contribution < 1.29 is 0 Å². The van der Waals surface area contributed by atoms with Crippen molar-refractivity contribution in [2.45, 2.75) is 20.8 Å². The van der Waals surface area contributed by atoms with E-state index in [0.717, 1.165) is 0 Å². The number of hydrogen-bond acceptors (Lipinski definition) is 0. The summed E-state index contributed by atoms with van der Waals surface area (Å²) in [4.78, 5) is 0. The summed E-state index contributed by atoms with van der Waals surface area (Å²) in [6.07, 6.45) is 2.12. The quantitative estimate of drug-likeness (QED) is 0.681. The van der Waals surface area contributed by atoms with Gasteiger partial charge in [0.05, 0.1) is 0 Å². The van der Waals surface area contributed by atoms with Gasteiger partial charge >= 0.3 is 0 Å². The van der Waals surface area contributed by atoms with E-state index in [9.17, 15) is 0 Å². The lowest BCUT2D eigenvalue weighted by molar-refractivity contribution is 1.34. The van der Waals surface area contributed by atoms with Crippen LogP contribution in [0, 0.1) is 20.3 Å². The van der Waals surface area contributed by atoms with Crippen LogP contribution < -0.4 is 0 Å². The van der Waals surface area contributed by atoms with Crippen LogP contribution in [0.2, 0.25) is 0 Å². The van der Waals surface area contributed by atoms with Crippen molar-refractivity contribution in [2.24, 2.45) is 0 Å². The van der Waals surface area contributed by atoms with Gasteiger partial charge in [0.1, 0.15) is 0 Å². The fourth-order valence-electron chi connectivity index (χ4n) is 1.79. The first kappa shape index (κ1) is 10.9. The van der Waals surface area contributed by atoms with E-state index in [1.807, 2.05) is 0 Å². The highest BCUT2D eigenvalue weighted by atomic mass is 14.0. The standard InChI is InChI=1S/C16H17/c1-4-14-6-9-15(10-7-14)16-8-5-12(2)13(3)11-16/h4-11H,1-3H3. The molecule has 0 atom stereocenters. The molecule has 0 heterocycles. The van der Waals surface area contributed by atoms with Gasteiger partial charge in [-0.3, -0.25) is 0 Å². The van der Waals surface area contributed by atoms with Crippen LogP contribution in [0.25, 0.3) is 11.1 Å². The van der Waals surface area contributed by atoms with Gasteiger partial charge in [0, 0.05) is 0 Å². The Morgan fingerprint density at radius 2 is 1.38 bits per heavy atom. The zero-order valence-corrected chi connectivity index (χ0v) is 10.1. The monoisotopic (exact) mass is 209 g/mol. The maximum Gasteiger partial charge on any atom is -0.0124 e. The Kier molecular flexibility index (Phi) is 3.09. The van der Waals surface area contributed by atoms with Crippen LogP contribution in [0.3, 0.4) is 0 Å². The molecule has 2 rings (SSSR count). The van der Waals surface area contributed by atoms with Gasteiger partial charge in [-0.15, -0.1) is 0 Å². The summed E-state index contributed by atoms with van der Waals surface area (Å²) in [6.45, 7) is 6.37. The highest BCUT2D eigenvalue weighted by molar-refractivity contribution is 5.65. The molecule has 0 saturated carbocycles. The molecule has 0 fully saturated rings. The van der Waals surface area contributed by atoms with E-state index < -0.39 is 0 Å². The first-order chi connectivity index (χ1) is 7.70. The number of hydrogen-bond donors (Lipinski definition) is 0. The highest BCUT2D eigenvalue weighted by Crippen LogP contribution is 2.22. The predicted molar refractivity (Wildman–Crippen MR) is 70.4 cm³/mol. The van der Waals surface area contributed by atoms with Gasteiger partial charge in [0.25, 0.3) is 0 Å². The first-order valence-corrected chi connectivity index (χ1v) is 5.68. The normalized spacial score (nSPS) is 10.4. The Balaban J connectivity index is 2.38. The Hall–Kier alpha value is -1.56. The summed E-state index contributed by atoms with van der Waals surface area (Å²) in [5, 5.41) is 0. The van der Waals surface area contributed by atoms with E-state index in [1.54, 1.807) is 0 Å². The summed E-state index contributed by atoms with van der Waals surface area (Å²) < 4.78 is 0. The van der Waals surface area contributed by atoms with Gasteiger partial charge in [-0.1, -0.05) is 49.4 Å². The van der Waals surface area contributed by atoms with Gasteiger partial charge in [-0.25, -0.2) is 0 Å². The maximum atomic E-state index is 2.25. The molecule has 0 heteroatoms. The minimum Gasteiger partial charge on any atom is -0.0584 e. The SMILES string of the molecule is C[CH]c1ccc(-c2ccc(C)c(C)c2)cc1. The molecule has 2 aromatic rings. The Labute approximate surface area is 97.9 Å². The molecule has 0 aliphatic rings. The van der Waals surface area contributed by atoms with E-state index >= 15 is 0 Å². The van der Waals surface area contributed by atoms with Crippen molar-refractivity contribution in [1.29, 1.82) is 0 Å². The van der Waals surface area contributed by atoms with Gasteiger partial charge in [0.2, 0.25) is 0 Å². The molecule has 0 nitrogen and oxygen atoms in total. The van der Waals surface area contributed by atoms with Crippen molar-refractivity contribution >= 4 is 0 Å². The molecule has 0 saturated heterocycles. The molecule has 0 bridgehead atoms. The second-order valence-corrected chi connectivity index (χ2v) is 4.21. The lowest BCUT2D eigenvalue weighted by atomic mass is 9.99. The molecule has 0 spiro atoms. The van der Waals surface area contributed by atoms with Crippen LogP contribution in [-0.2, 0) is 0 Å². The molecule has 0 aliphatic carbocycles. The topological polar surface area (TPSA) is 0 Å². The Morgan fingerprint density at radius 1 is 0.750 bits per heavy atom. The van der Waals surface area contributed by atoms with Crippen molar-refractivity contribution in [3.63, 3.8) is 0 Å². The highest BCUT2D eigenvalue weighted by Gasteiger charge is 1.99. The summed E-state index contributed by atoms with van der Waals surface area (Å²) in [7, 11) is 0. The fourth-order valence-corrected chi connectivity index (χ4v) is 1.79. The lowest BCUT2D eigenvalue weighted by Crippen LogP contribution is -1.84. The van der Waals surface area contributed by atoms with Gasteiger partial charge in [-0.05, 0) is 48.1 Å². The second kappa shape index (κ2) is 4.52.